The van der Waals surface area contributed by atoms with Crippen molar-refractivity contribution in [1.29, 1.82) is 5.26 Å². The molecule has 1 aliphatic rings. The van der Waals surface area contributed by atoms with Gasteiger partial charge in [0, 0.05) is 37.8 Å². The summed E-state index contributed by atoms with van der Waals surface area (Å²) in [6, 6.07) is 20.4. The zero-order chi connectivity index (χ0) is 19.5. The van der Waals surface area contributed by atoms with Crippen molar-refractivity contribution in [2.75, 3.05) is 36.0 Å². The highest BCUT2D eigenvalue weighted by Gasteiger charge is 2.23. The molecule has 0 unspecified atom stereocenters. The predicted octanol–water partition coefficient (Wildman–Crippen LogP) is 3.21. The van der Waals surface area contributed by atoms with Gasteiger partial charge in [-0.2, -0.15) is 5.26 Å². The fourth-order valence-electron chi connectivity index (χ4n) is 3.50. The van der Waals surface area contributed by atoms with Crippen molar-refractivity contribution in [3.63, 3.8) is 0 Å². The first-order valence-electron chi connectivity index (χ1n) is 9.09. The van der Waals surface area contributed by atoms with Gasteiger partial charge in [-0.25, -0.2) is 4.79 Å². The number of para-hydroxylation sites is 2. The number of phenols is 1. The van der Waals surface area contributed by atoms with Gasteiger partial charge in [0.2, 0.25) is 0 Å². The first kappa shape index (κ1) is 17.7. The molecule has 0 amide bonds. The molecule has 28 heavy (non-hydrogen) atoms. The number of rotatable bonds is 3. The van der Waals surface area contributed by atoms with Crippen LogP contribution in [-0.2, 0) is 0 Å². The molecule has 1 aliphatic heterocycles. The highest BCUT2D eigenvalue weighted by molar-refractivity contribution is 5.68. The Bertz CT molecular complexity index is 1080. The van der Waals surface area contributed by atoms with Crippen molar-refractivity contribution >= 4 is 11.4 Å². The normalized spacial score (nSPS) is 14.0. The molecule has 1 fully saturated rings. The summed E-state index contributed by atoms with van der Waals surface area (Å²) in [5.41, 5.74) is 1.57. The third kappa shape index (κ3) is 3.30. The average molecular weight is 373 g/mol. The number of nitrogens with zero attached hydrogens (tertiary/aromatic N) is 3. The van der Waals surface area contributed by atoms with Crippen molar-refractivity contribution in [2.24, 2.45) is 0 Å². The Labute approximate surface area is 162 Å². The molecule has 1 aromatic heterocycles. The molecule has 1 N–H and O–H groups in total. The van der Waals surface area contributed by atoms with Crippen molar-refractivity contribution in [3.8, 4) is 23.1 Å². The first-order chi connectivity index (χ1) is 13.7. The minimum atomic E-state index is -0.623. The van der Waals surface area contributed by atoms with Crippen LogP contribution >= 0.6 is 0 Å². The Morgan fingerprint density at radius 1 is 0.893 bits per heavy atom. The van der Waals surface area contributed by atoms with E-state index in [-0.39, 0.29) is 11.3 Å². The van der Waals surface area contributed by atoms with E-state index in [0.29, 0.717) is 37.6 Å². The molecule has 3 aromatic rings. The van der Waals surface area contributed by atoms with Gasteiger partial charge in [0.05, 0.1) is 11.4 Å². The van der Waals surface area contributed by atoms with Crippen LogP contribution < -0.4 is 15.4 Å². The summed E-state index contributed by atoms with van der Waals surface area (Å²) in [6.45, 7) is 2.59. The van der Waals surface area contributed by atoms with E-state index in [1.165, 1.54) is 0 Å². The van der Waals surface area contributed by atoms with Crippen LogP contribution in [0.3, 0.4) is 0 Å². The molecule has 0 bridgehead atoms. The van der Waals surface area contributed by atoms with Crippen molar-refractivity contribution in [3.05, 3.63) is 76.6 Å². The number of aromatic hydroxyl groups is 1. The molecule has 0 aliphatic carbocycles. The van der Waals surface area contributed by atoms with Gasteiger partial charge in [-0.1, -0.05) is 42.5 Å². The van der Waals surface area contributed by atoms with Crippen LogP contribution in [0.5, 0.6) is 5.75 Å². The van der Waals surface area contributed by atoms with Crippen LogP contribution in [0.25, 0.3) is 11.3 Å². The van der Waals surface area contributed by atoms with Crippen LogP contribution in [0.15, 0.2) is 69.9 Å². The van der Waals surface area contributed by atoms with Crippen LogP contribution in [-0.4, -0.2) is 31.3 Å². The fraction of sp³-hybridized carbons (Fsp3) is 0.182. The van der Waals surface area contributed by atoms with Gasteiger partial charge in [-0.3, -0.25) is 0 Å². The molecule has 2 aromatic carbocycles. The Morgan fingerprint density at radius 2 is 1.50 bits per heavy atom. The van der Waals surface area contributed by atoms with E-state index in [0.717, 1.165) is 11.3 Å². The summed E-state index contributed by atoms with van der Waals surface area (Å²) in [5.74, 6) is 0.697. The molecule has 6 nitrogen and oxygen atoms in total. The predicted molar refractivity (Wildman–Crippen MR) is 108 cm³/mol. The summed E-state index contributed by atoms with van der Waals surface area (Å²) < 4.78 is 5.37. The molecule has 0 atom stereocenters. The molecule has 0 spiro atoms. The standard InChI is InChI=1S/C22H19N3O3/c23-15-17-19(14-21(28-22(17)27)16-6-2-1-3-7-16)25-12-10-24(11-13-25)18-8-4-5-9-20(18)26/h1-9,14,26H,10-13H2. The topological polar surface area (TPSA) is 80.7 Å². The molecule has 0 saturated carbocycles. The summed E-state index contributed by atoms with van der Waals surface area (Å²) in [4.78, 5) is 16.5. The van der Waals surface area contributed by atoms with Gasteiger partial charge >= 0.3 is 5.63 Å². The molecule has 6 heteroatoms. The second-order valence-corrected chi connectivity index (χ2v) is 6.60. The number of benzene rings is 2. The highest BCUT2D eigenvalue weighted by atomic mass is 16.4. The Morgan fingerprint density at radius 3 is 2.14 bits per heavy atom. The summed E-state index contributed by atoms with van der Waals surface area (Å²) >= 11 is 0. The number of phenolic OH excluding ortho intramolecular Hbond substituents is 1. The maximum Gasteiger partial charge on any atom is 0.356 e. The van der Waals surface area contributed by atoms with Gasteiger partial charge in [0.1, 0.15) is 17.6 Å². The largest absolute Gasteiger partial charge is 0.506 e. The second kappa shape index (κ2) is 7.49. The zero-order valence-electron chi connectivity index (χ0n) is 15.2. The lowest BCUT2D eigenvalue weighted by atomic mass is 10.1. The van der Waals surface area contributed by atoms with Crippen LogP contribution in [0, 0.1) is 11.3 Å². The minimum Gasteiger partial charge on any atom is -0.506 e. The van der Waals surface area contributed by atoms with Gasteiger partial charge in [-0.15, -0.1) is 0 Å². The Hall–Kier alpha value is -3.72. The van der Waals surface area contributed by atoms with E-state index in [9.17, 15) is 15.2 Å². The molecular formula is C22H19N3O3. The zero-order valence-corrected chi connectivity index (χ0v) is 15.2. The summed E-state index contributed by atoms with van der Waals surface area (Å²) in [5, 5.41) is 19.6. The molecule has 2 heterocycles. The fourth-order valence-corrected chi connectivity index (χ4v) is 3.50. The van der Waals surface area contributed by atoms with Crippen molar-refractivity contribution in [2.45, 2.75) is 0 Å². The SMILES string of the molecule is N#Cc1c(N2CCN(c3ccccc3O)CC2)cc(-c2ccccc2)oc1=O. The average Bonchev–Trinajstić information content (AvgIpc) is 2.74. The van der Waals surface area contributed by atoms with E-state index in [2.05, 4.69) is 4.90 Å². The quantitative estimate of drug-likeness (QED) is 0.759. The number of piperazine rings is 1. The van der Waals surface area contributed by atoms with Gasteiger partial charge in [-0.05, 0) is 12.1 Å². The number of anilines is 2. The van der Waals surface area contributed by atoms with E-state index < -0.39 is 5.63 Å². The van der Waals surface area contributed by atoms with Crippen LogP contribution in [0.1, 0.15) is 5.56 Å². The molecule has 1 saturated heterocycles. The lowest BCUT2D eigenvalue weighted by molar-refractivity contribution is 0.472. The maximum absolute atomic E-state index is 12.4. The second-order valence-electron chi connectivity index (χ2n) is 6.60. The summed E-state index contributed by atoms with van der Waals surface area (Å²) in [6.07, 6.45) is 0. The summed E-state index contributed by atoms with van der Waals surface area (Å²) in [7, 11) is 0. The highest BCUT2D eigenvalue weighted by Crippen LogP contribution is 2.30. The molecule has 140 valence electrons. The van der Waals surface area contributed by atoms with Gasteiger partial charge < -0.3 is 19.3 Å². The minimum absolute atomic E-state index is 0.0238. The third-order valence-electron chi connectivity index (χ3n) is 4.94. The molecular weight excluding hydrogens is 354 g/mol. The van der Waals surface area contributed by atoms with E-state index >= 15 is 0 Å². The monoisotopic (exact) mass is 373 g/mol. The van der Waals surface area contributed by atoms with Crippen LogP contribution in [0.4, 0.5) is 11.4 Å². The lowest BCUT2D eigenvalue weighted by Gasteiger charge is -2.37. The van der Waals surface area contributed by atoms with Gasteiger partial charge in [0.25, 0.3) is 0 Å². The molecule has 0 radical (unpaired) electrons. The smallest absolute Gasteiger partial charge is 0.356 e. The van der Waals surface area contributed by atoms with Gasteiger partial charge in [0.15, 0.2) is 5.56 Å². The Balaban J connectivity index is 1.63. The number of hydrogen-bond donors (Lipinski definition) is 1. The Kier molecular flexibility index (Phi) is 4.73. The first-order valence-corrected chi connectivity index (χ1v) is 9.09. The van der Waals surface area contributed by atoms with Crippen LogP contribution in [0.2, 0.25) is 0 Å². The maximum atomic E-state index is 12.4. The third-order valence-corrected chi connectivity index (χ3v) is 4.94. The van der Waals surface area contributed by atoms with E-state index in [1.807, 2.05) is 53.4 Å². The lowest BCUT2D eigenvalue weighted by Crippen LogP contribution is -2.47. The van der Waals surface area contributed by atoms with Crippen molar-refractivity contribution < 1.29 is 9.52 Å². The molecule has 4 rings (SSSR count). The van der Waals surface area contributed by atoms with E-state index in [4.69, 9.17) is 4.42 Å². The van der Waals surface area contributed by atoms with E-state index in [1.54, 1.807) is 18.2 Å². The number of nitriles is 1. The van der Waals surface area contributed by atoms with Crippen molar-refractivity contribution in [1.82, 2.24) is 0 Å². The number of hydrogen-bond acceptors (Lipinski definition) is 6.